The molecule has 0 spiro atoms. The Kier molecular flexibility index (Phi) is 2.85. The fourth-order valence-corrected chi connectivity index (χ4v) is 2.39. The lowest BCUT2D eigenvalue weighted by molar-refractivity contribution is 0.489. The van der Waals surface area contributed by atoms with Gasteiger partial charge in [-0.2, -0.15) is 0 Å². The summed E-state index contributed by atoms with van der Waals surface area (Å²) in [5.74, 6) is 0. The molecular weight excluding hydrogens is 270 g/mol. The second-order valence-electron chi connectivity index (χ2n) is 3.60. The monoisotopic (exact) mass is 277 g/mol. The number of hydrogen-bond donors (Lipinski definition) is 1. The summed E-state index contributed by atoms with van der Waals surface area (Å²) in [6.07, 6.45) is 1.54. The Balaban J connectivity index is 1.96. The lowest BCUT2D eigenvalue weighted by Crippen LogP contribution is -1.91. The molecule has 3 aromatic rings. The number of aromatic nitrogens is 2. The predicted molar refractivity (Wildman–Crippen MR) is 71.8 cm³/mol. The summed E-state index contributed by atoms with van der Waals surface area (Å²) in [7, 11) is 0. The molecule has 2 N–H and O–H groups in total. The van der Waals surface area contributed by atoms with Crippen molar-refractivity contribution in [3.8, 4) is 0 Å². The Labute approximate surface area is 112 Å². The van der Waals surface area contributed by atoms with Crippen LogP contribution in [0.25, 0.3) is 11.1 Å². The molecule has 0 unspecified atom stereocenters. The molecule has 2 heterocycles. The first-order chi connectivity index (χ1) is 8.72. The lowest BCUT2D eigenvalue weighted by Gasteiger charge is -2.00. The van der Waals surface area contributed by atoms with Crippen LogP contribution < -0.4 is 5.73 Å². The average molecular weight is 278 g/mol. The van der Waals surface area contributed by atoms with Crippen molar-refractivity contribution in [1.82, 2.24) is 9.97 Å². The van der Waals surface area contributed by atoms with Crippen molar-refractivity contribution in [3.05, 3.63) is 41.6 Å². The van der Waals surface area contributed by atoms with Crippen molar-refractivity contribution in [2.45, 2.75) is 10.2 Å². The van der Waals surface area contributed by atoms with Gasteiger partial charge in [-0.15, -0.1) is 0 Å². The van der Waals surface area contributed by atoms with Crippen LogP contribution in [0.5, 0.6) is 0 Å². The second-order valence-corrected chi connectivity index (χ2v) is 4.97. The van der Waals surface area contributed by atoms with E-state index in [9.17, 15) is 0 Å². The van der Waals surface area contributed by atoms with Gasteiger partial charge in [0.25, 0.3) is 5.22 Å². The Hall–Kier alpha value is -1.72. The Morgan fingerprint density at radius 1 is 1.28 bits per heavy atom. The minimum Gasteiger partial charge on any atom is -0.431 e. The third-order valence-corrected chi connectivity index (χ3v) is 3.39. The molecule has 6 heteroatoms. The highest BCUT2D eigenvalue weighted by Gasteiger charge is 2.10. The van der Waals surface area contributed by atoms with E-state index in [1.165, 1.54) is 11.8 Å². The number of hydrogen-bond acceptors (Lipinski definition) is 5. The highest BCUT2D eigenvalue weighted by atomic mass is 35.5. The van der Waals surface area contributed by atoms with Gasteiger partial charge in [-0.3, -0.25) is 0 Å². The molecule has 0 saturated carbocycles. The van der Waals surface area contributed by atoms with Crippen molar-refractivity contribution < 1.29 is 4.42 Å². The molecule has 4 nitrogen and oxygen atoms in total. The first kappa shape index (κ1) is 11.4. The molecule has 90 valence electrons. The van der Waals surface area contributed by atoms with E-state index < -0.39 is 0 Å². The van der Waals surface area contributed by atoms with Gasteiger partial charge in [0.15, 0.2) is 5.58 Å². The minimum absolute atomic E-state index is 0.509. The van der Waals surface area contributed by atoms with Gasteiger partial charge in [0.1, 0.15) is 10.5 Å². The zero-order valence-electron chi connectivity index (χ0n) is 9.13. The number of rotatable bonds is 2. The maximum absolute atomic E-state index is 5.83. The number of nitrogens with two attached hydrogens (primary N) is 1. The molecular formula is C12H8ClN3OS. The minimum atomic E-state index is 0.509. The number of halogens is 1. The topological polar surface area (TPSA) is 64.9 Å². The van der Waals surface area contributed by atoms with Crippen molar-refractivity contribution >= 4 is 40.1 Å². The number of nitrogens with zero attached hydrogens (tertiary/aromatic N) is 2. The largest absolute Gasteiger partial charge is 0.431 e. The van der Waals surface area contributed by atoms with Crippen LogP contribution in [0.3, 0.4) is 0 Å². The molecule has 0 saturated heterocycles. The summed E-state index contributed by atoms with van der Waals surface area (Å²) in [6.45, 7) is 0. The normalized spacial score (nSPS) is 10.9. The predicted octanol–water partition coefficient (Wildman–Crippen LogP) is 3.61. The van der Waals surface area contributed by atoms with Gasteiger partial charge in [-0.1, -0.05) is 23.7 Å². The van der Waals surface area contributed by atoms with Gasteiger partial charge < -0.3 is 10.2 Å². The van der Waals surface area contributed by atoms with Crippen LogP contribution >= 0.6 is 23.4 Å². The molecule has 3 rings (SSSR count). The van der Waals surface area contributed by atoms with E-state index in [1.54, 1.807) is 12.3 Å². The molecule has 0 fully saturated rings. The molecule has 0 radical (unpaired) electrons. The van der Waals surface area contributed by atoms with Crippen molar-refractivity contribution in [1.29, 1.82) is 0 Å². The van der Waals surface area contributed by atoms with E-state index in [1.807, 2.05) is 24.3 Å². The third-order valence-electron chi connectivity index (χ3n) is 2.30. The number of benzene rings is 1. The fourth-order valence-electron chi connectivity index (χ4n) is 1.51. The van der Waals surface area contributed by atoms with Crippen LogP contribution in [0.15, 0.2) is 51.2 Å². The molecule has 0 amide bonds. The van der Waals surface area contributed by atoms with E-state index >= 15 is 0 Å². The molecule has 0 aliphatic heterocycles. The zero-order valence-corrected chi connectivity index (χ0v) is 10.7. The number of nitrogen functional groups attached to an aromatic ring is 1. The van der Waals surface area contributed by atoms with Crippen molar-refractivity contribution in [2.24, 2.45) is 0 Å². The Morgan fingerprint density at radius 2 is 2.11 bits per heavy atom. The third kappa shape index (κ3) is 2.14. The SMILES string of the molecule is Nc1cc(Cl)cnc1Sc1nc2ccccc2o1. The first-order valence-electron chi connectivity index (χ1n) is 5.17. The standard InChI is InChI=1S/C12H8ClN3OS/c13-7-5-8(14)11(15-6-7)18-12-16-9-3-1-2-4-10(9)17-12/h1-6H,14H2. The zero-order chi connectivity index (χ0) is 12.5. The molecule has 18 heavy (non-hydrogen) atoms. The van der Waals surface area contributed by atoms with Crippen LogP contribution in [0.2, 0.25) is 5.02 Å². The van der Waals surface area contributed by atoms with E-state index in [2.05, 4.69) is 9.97 Å². The van der Waals surface area contributed by atoms with Crippen LogP contribution in [0.4, 0.5) is 5.69 Å². The number of para-hydroxylation sites is 2. The van der Waals surface area contributed by atoms with Gasteiger partial charge in [-0.05, 0) is 30.0 Å². The van der Waals surface area contributed by atoms with Crippen LogP contribution in [0.1, 0.15) is 0 Å². The summed E-state index contributed by atoms with van der Waals surface area (Å²) >= 11 is 7.07. The highest BCUT2D eigenvalue weighted by Crippen LogP contribution is 2.32. The van der Waals surface area contributed by atoms with E-state index in [0.717, 1.165) is 11.1 Å². The molecule has 0 bridgehead atoms. The first-order valence-corrected chi connectivity index (χ1v) is 6.36. The molecule has 0 aliphatic rings. The smallest absolute Gasteiger partial charge is 0.263 e. The van der Waals surface area contributed by atoms with Crippen molar-refractivity contribution in [2.75, 3.05) is 5.73 Å². The number of anilines is 1. The van der Waals surface area contributed by atoms with Gasteiger partial charge in [0.05, 0.1) is 10.7 Å². The summed E-state index contributed by atoms with van der Waals surface area (Å²) in [6, 6.07) is 9.22. The summed E-state index contributed by atoms with van der Waals surface area (Å²) in [5, 5.41) is 1.65. The Morgan fingerprint density at radius 3 is 2.89 bits per heavy atom. The van der Waals surface area contributed by atoms with Gasteiger partial charge in [0.2, 0.25) is 0 Å². The molecule has 2 aromatic heterocycles. The Bertz CT molecular complexity index is 680. The van der Waals surface area contributed by atoms with Gasteiger partial charge in [0, 0.05) is 6.20 Å². The van der Waals surface area contributed by atoms with Gasteiger partial charge >= 0.3 is 0 Å². The van der Waals surface area contributed by atoms with E-state index in [4.69, 9.17) is 21.8 Å². The van der Waals surface area contributed by atoms with Crippen molar-refractivity contribution in [3.63, 3.8) is 0 Å². The fraction of sp³-hybridized carbons (Fsp3) is 0. The van der Waals surface area contributed by atoms with Crippen LogP contribution in [-0.4, -0.2) is 9.97 Å². The maximum atomic E-state index is 5.83. The molecule has 1 aromatic carbocycles. The summed E-state index contributed by atoms with van der Waals surface area (Å²) in [5.41, 5.74) is 7.89. The highest BCUT2D eigenvalue weighted by molar-refractivity contribution is 7.99. The maximum Gasteiger partial charge on any atom is 0.263 e. The summed E-state index contributed by atoms with van der Waals surface area (Å²) < 4.78 is 5.58. The number of oxazole rings is 1. The number of fused-ring (bicyclic) bond motifs is 1. The molecule has 0 atom stereocenters. The second kappa shape index (κ2) is 4.51. The van der Waals surface area contributed by atoms with Gasteiger partial charge in [-0.25, -0.2) is 9.97 Å². The van der Waals surface area contributed by atoms with Crippen LogP contribution in [0, 0.1) is 0 Å². The average Bonchev–Trinajstić information content (AvgIpc) is 2.75. The quantitative estimate of drug-likeness (QED) is 0.775. The van der Waals surface area contributed by atoms with Crippen LogP contribution in [-0.2, 0) is 0 Å². The molecule has 0 aliphatic carbocycles. The number of pyridine rings is 1. The lowest BCUT2D eigenvalue weighted by atomic mass is 10.3. The van der Waals surface area contributed by atoms with E-state index in [-0.39, 0.29) is 0 Å². The van der Waals surface area contributed by atoms with E-state index in [0.29, 0.717) is 21.0 Å². The summed E-state index contributed by atoms with van der Waals surface area (Å²) in [4.78, 5) is 8.49.